The van der Waals surface area contributed by atoms with Crippen LogP contribution in [-0.4, -0.2) is 33.3 Å². The monoisotopic (exact) mass is 255 g/mol. The molecule has 1 aromatic rings. The highest BCUT2D eigenvalue weighted by atomic mass is 32.2. The first-order valence-corrected chi connectivity index (χ1v) is 6.71. The molecule has 0 saturated heterocycles. The molecule has 5 nitrogen and oxygen atoms in total. The number of aromatic nitrogens is 2. The first-order chi connectivity index (χ1) is 8.17. The third kappa shape index (κ3) is 4.70. The van der Waals surface area contributed by atoms with Crippen LogP contribution in [0.4, 0.5) is 0 Å². The van der Waals surface area contributed by atoms with Crippen molar-refractivity contribution < 1.29 is 9.90 Å². The maximum Gasteiger partial charge on any atom is 0.320 e. The maximum absolute atomic E-state index is 10.9. The lowest BCUT2D eigenvalue weighted by atomic mass is 10.1. The predicted octanol–water partition coefficient (Wildman–Crippen LogP) is 1.54. The first kappa shape index (κ1) is 13.9. The largest absolute Gasteiger partial charge is 0.480 e. The number of hydrogen-bond acceptors (Lipinski definition) is 5. The van der Waals surface area contributed by atoms with Crippen molar-refractivity contribution in [1.82, 2.24) is 15.3 Å². The van der Waals surface area contributed by atoms with E-state index in [4.69, 9.17) is 5.11 Å². The molecule has 1 aromatic heterocycles. The summed E-state index contributed by atoms with van der Waals surface area (Å²) in [6, 6.07) is -0.500. The second-order valence-corrected chi connectivity index (χ2v) is 4.41. The molecular formula is C11H17N3O2S. The molecule has 0 radical (unpaired) electrons. The van der Waals surface area contributed by atoms with Crippen molar-refractivity contribution >= 4 is 17.7 Å². The van der Waals surface area contributed by atoms with Gasteiger partial charge in [-0.1, -0.05) is 25.1 Å². The molecular weight excluding hydrogens is 238 g/mol. The summed E-state index contributed by atoms with van der Waals surface area (Å²) in [6.07, 6.45) is 6.81. The van der Waals surface area contributed by atoms with E-state index >= 15 is 0 Å². The summed E-state index contributed by atoms with van der Waals surface area (Å²) >= 11 is 1.48. The fraction of sp³-hybridized carbons (Fsp3) is 0.545. The Morgan fingerprint density at radius 3 is 2.65 bits per heavy atom. The number of carboxylic acids is 1. The maximum atomic E-state index is 10.9. The van der Waals surface area contributed by atoms with Crippen LogP contribution in [-0.2, 0) is 11.3 Å². The topological polar surface area (TPSA) is 75.1 Å². The van der Waals surface area contributed by atoms with Crippen molar-refractivity contribution in [1.29, 1.82) is 0 Å². The van der Waals surface area contributed by atoms with Crippen molar-refractivity contribution in [2.75, 3.05) is 6.26 Å². The van der Waals surface area contributed by atoms with Gasteiger partial charge in [0.05, 0.1) is 0 Å². The van der Waals surface area contributed by atoms with E-state index in [2.05, 4.69) is 15.3 Å². The van der Waals surface area contributed by atoms with Gasteiger partial charge in [0.15, 0.2) is 5.16 Å². The number of hydrogen-bond donors (Lipinski definition) is 2. The minimum Gasteiger partial charge on any atom is -0.480 e. The van der Waals surface area contributed by atoms with E-state index < -0.39 is 12.0 Å². The van der Waals surface area contributed by atoms with Gasteiger partial charge in [-0.15, -0.1) is 0 Å². The Morgan fingerprint density at radius 1 is 1.53 bits per heavy atom. The zero-order valence-corrected chi connectivity index (χ0v) is 10.8. The molecule has 0 aliphatic carbocycles. The van der Waals surface area contributed by atoms with Crippen LogP contribution in [0.5, 0.6) is 0 Å². The minimum atomic E-state index is -0.812. The Hall–Kier alpha value is -1.14. The van der Waals surface area contributed by atoms with Crippen LogP contribution in [0.15, 0.2) is 17.6 Å². The summed E-state index contributed by atoms with van der Waals surface area (Å²) in [5, 5.41) is 12.7. The second kappa shape index (κ2) is 7.24. The van der Waals surface area contributed by atoms with E-state index in [-0.39, 0.29) is 0 Å². The summed E-state index contributed by atoms with van der Waals surface area (Å²) in [6.45, 7) is 2.44. The summed E-state index contributed by atoms with van der Waals surface area (Å²) < 4.78 is 0. The Bertz CT molecular complexity index is 356. The van der Waals surface area contributed by atoms with Crippen molar-refractivity contribution in [3.05, 3.63) is 18.0 Å². The zero-order valence-electron chi connectivity index (χ0n) is 10.0. The van der Waals surface area contributed by atoms with E-state index in [1.54, 1.807) is 12.4 Å². The van der Waals surface area contributed by atoms with Crippen molar-refractivity contribution in [2.24, 2.45) is 0 Å². The highest BCUT2D eigenvalue weighted by Gasteiger charge is 2.15. The lowest BCUT2D eigenvalue weighted by Crippen LogP contribution is -2.36. The van der Waals surface area contributed by atoms with E-state index in [0.717, 1.165) is 17.1 Å². The van der Waals surface area contributed by atoms with Crippen LogP contribution < -0.4 is 5.32 Å². The zero-order chi connectivity index (χ0) is 12.7. The summed E-state index contributed by atoms with van der Waals surface area (Å²) in [7, 11) is 0. The molecule has 0 spiro atoms. The van der Waals surface area contributed by atoms with Gasteiger partial charge in [0, 0.05) is 24.5 Å². The molecule has 17 heavy (non-hydrogen) atoms. The second-order valence-electron chi connectivity index (χ2n) is 3.64. The number of nitrogens with one attached hydrogen (secondary N) is 1. The van der Waals surface area contributed by atoms with Gasteiger partial charge in [0.2, 0.25) is 0 Å². The number of aliphatic carboxylic acids is 1. The Morgan fingerprint density at radius 2 is 2.18 bits per heavy atom. The van der Waals surface area contributed by atoms with Gasteiger partial charge < -0.3 is 10.4 Å². The quantitative estimate of drug-likeness (QED) is 0.568. The number of nitrogens with zero attached hydrogens (tertiary/aromatic N) is 2. The molecule has 1 rings (SSSR count). The van der Waals surface area contributed by atoms with E-state index in [1.807, 2.05) is 13.2 Å². The molecule has 0 fully saturated rings. The third-order valence-corrected chi connectivity index (χ3v) is 2.87. The molecule has 0 aliphatic heterocycles. The van der Waals surface area contributed by atoms with Crippen LogP contribution in [0.2, 0.25) is 0 Å². The molecule has 1 heterocycles. The van der Waals surface area contributed by atoms with Crippen LogP contribution in [0.25, 0.3) is 0 Å². The highest BCUT2D eigenvalue weighted by Crippen LogP contribution is 2.07. The lowest BCUT2D eigenvalue weighted by molar-refractivity contribution is -0.139. The number of rotatable bonds is 7. The fourth-order valence-corrected chi connectivity index (χ4v) is 1.70. The van der Waals surface area contributed by atoms with Crippen molar-refractivity contribution in [3.8, 4) is 0 Å². The van der Waals surface area contributed by atoms with E-state index in [0.29, 0.717) is 13.0 Å². The van der Waals surface area contributed by atoms with Crippen molar-refractivity contribution in [3.63, 3.8) is 0 Å². The number of thioether (sulfide) groups is 1. The molecule has 2 N–H and O–H groups in total. The summed E-state index contributed by atoms with van der Waals surface area (Å²) in [4.78, 5) is 19.2. The molecule has 0 unspecified atom stereocenters. The highest BCUT2D eigenvalue weighted by molar-refractivity contribution is 7.98. The summed E-state index contributed by atoms with van der Waals surface area (Å²) in [5.74, 6) is -0.812. The average Bonchev–Trinajstić information content (AvgIpc) is 2.34. The van der Waals surface area contributed by atoms with Gasteiger partial charge in [0.25, 0.3) is 0 Å². The predicted molar refractivity (Wildman–Crippen MR) is 67.0 cm³/mol. The van der Waals surface area contributed by atoms with E-state index in [1.165, 1.54) is 11.8 Å². The van der Waals surface area contributed by atoms with Crippen LogP contribution >= 0.6 is 11.8 Å². The molecule has 6 heteroatoms. The molecule has 0 saturated carbocycles. The van der Waals surface area contributed by atoms with Gasteiger partial charge in [-0.3, -0.25) is 4.79 Å². The SMILES string of the molecule is CCC[C@H](NCc1cnc(SC)nc1)C(=O)O. The molecule has 0 bridgehead atoms. The molecule has 0 aliphatic rings. The Kier molecular flexibility index (Phi) is 5.93. The minimum absolute atomic E-state index is 0.478. The van der Waals surface area contributed by atoms with Gasteiger partial charge in [0.1, 0.15) is 6.04 Å². The average molecular weight is 255 g/mol. The van der Waals surface area contributed by atoms with Gasteiger partial charge in [-0.25, -0.2) is 9.97 Å². The van der Waals surface area contributed by atoms with Gasteiger partial charge >= 0.3 is 5.97 Å². The Balaban J connectivity index is 2.50. The molecule has 1 atom stereocenters. The third-order valence-electron chi connectivity index (χ3n) is 2.29. The van der Waals surface area contributed by atoms with Crippen LogP contribution in [0.1, 0.15) is 25.3 Å². The number of carbonyl (C=O) groups is 1. The van der Waals surface area contributed by atoms with Crippen LogP contribution in [0, 0.1) is 0 Å². The Labute approximate surface area is 105 Å². The molecule has 94 valence electrons. The first-order valence-electron chi connectivity index (χ1n) is 5.48. The number of carboxylic acid groups (broad SMARTS) is 1. The van der Waals surface area contributed by atoms with Gasteiger partial charge in [-0.2, -0.15) is 0 Å². The van der Waals surface area contributed by atoms with Crippen LogP contribution in [0.3, 0.4) is 0 Å². The summed E-state index contributed by atoms with van der Waals surface area (Å²) in [5.41, 5.74) is 0.894. The van der Waals surface area contributed by atoms with Gasteiger partial charge in [-0.05, 0) is 12.7 Å². The van der Waals surface area contributed by atoms with Crippen molar-refractivity contribution in [2.45, 2.75) is 37.5 Å². The van der Waals surface area contributed by atoms with E-state index in [9.17, 15) is 4.79 Å². The lowest BCUT2D eigenvalue weighted by Gasteiger charge is -2.12. The molecule has 0 amide bonds. The standard InChI is InChI=1S/C11H17N3O2S/c1-3-4-9(10(15)16)12-5-8-6-13-11(17-2)14-7-8/h6-7,9,12H,3-5H2,1-2H3,(H,15,16)/t9-/m0/s1. The smallest absolute Gasteiger partial charge is 0.320 e. The normalized spacial score (nSPS) is 12.4. The fourth-order valence-electron chi connectivity index (χ4n) is 1.38. The molecule has 0 aromatic carbocycles.